The normalized spacial score (nSPS) is 17.8. The standard InChI is InChI=1S/C18H19N3O4/c1-11-3-4-14-12(7-11)8-15(24-14)17-19-18(25-20-17)13-9-16(22)21(10-13)5-6-23-2/h3-4,7-8,13H,5-6,9-10H2,1-2H3. The van der Waals surface area contributed by atoms with Gasteiger partial charge in [-0.1, -0.05) is 16.8 Å². The van der Waals surface area contributed by atoms with Crippen molar-refractivity contribution >= 4 is 16.9 Å². The third-order valence-corrected chi connectivity index (χ3v) is 4.46. The first-order chi connectivity index (χ1) is 12.1. The number of aromatic nitrogens is 2. The zero-order valence-electron chi connectivity index (χ0n) is 14.2. The molecule has 25 heavy (non-hydrogen) atoms. The van der Waals surface area contributed by atoms with Gasteiger partial charge in [0.05, 0.1) is 12.5 Å². The predicted octanol–water partition coefficient (Wildman–Crippen LogP) is 2.75. The molecule has 0 saturated carbocycles. The van der Waals surface area contributed by atoms with Crippen LogP contribution in [0.3, 0.4) is 0 Å². The van der Waals surface area contributed by atoms with Crippen LogP contribution >= 0.6 is 0 Å². The quantitative estimate of drug-likeness (QED) is 0.710. The molecule has 7 heteroatoms. The van der Waals surface area contributed by atoms with Crippen molar-refractivity contribution in [2.24, 2.45) is 0 Å². The van der Waals surface area contributed by atoms with Crippen molar-refractivity contribution in [1.82, 2.24) is 15.0 Å². The molecule has 0 bridgehead atoms. The maximum Gasteiger partial charge on any atom is 0.238 e. The van der Waals surface area contributed by atoms with Gasteiger partial charge in [0, 0.05) is 32.0 Å². The van der Waals surface area contributed by atoms with Crippen molar-refractivity contribution in [2.45, 2.75) is 19.3 Å². The molecular weight excluding hydrogens is 322 g/mol. The number of fused-ring (bicyclic) bond motifs is 1. The van der Waals surface area contributed by atoms with E-state index in [0.717, 1.165) is 16.5 Å². The molecule has 1 aliphatic rings. The van der Waals surface area contributed by atoms with Crippen molar-refractivity contribution in [3.05, 3.63) is 35.7 Å². The van der Waals surface area contributed by atoms with Crippen molar-refractivity contribution in [1.29, 1.82) is 0 Å². The van der Waals surface area contributed by atoms with Gasteiger partial charge >= 0.3 is 0 Å². The van der Waals surface area contributed by atoms with E-state index in [1.165, 1.54) is 0 Å². The number of amides is 1. The van der Waals surface area contributed by atoms with E-state index in [1.807, 2.05) is 31.2 Å². The summed E-state index contributed by atoms with van der Waals surface area (Å²) < 4.78 is 16.2. The highest BCUT2D eigenvalue weighted by Gasteiger charge is 2.34. The molecule has 1 aromatic carbocycles. The Kier molecular flexibility index (Phi) is 4.01. The molecule has 2 aromatic heterocycles. The number of furan rings is 1. The number of benzene rings is 1. The molecule has 130 valence electrons. The van der Waals surface area contributed by atoms with Crippen LogP contribution in [0.15, 0.2) is 33.2 Å². The number of aryl methyl sites for hydroxylation is 1. The second-order valence-corrected chi connectivity index (χ2v) is 6.34. The van der Waals surface area contributed by atoms with Crippen molar-refractivity contribution < 1.29 is 18.5 Å². The molecule has 0 N–H and O–H groups in total. The van der Waals surface area contributed by atoms with E-state index in [1.54, 1.807) is 12.0 Å². The van der Waals surface area contributed by atoms with Gasteiger partial charge in [0.25, 0.3) is 0 Å². The lowest BCUT2D eigenvalue weighted by Gasteiger charge is -2.14. The van der Waals surface area contributed by atoms with Gasteiger partial charge in [0.15, 0.2) is 5.76 Å². The van der Waals surface area contributed by atoms with Crippen LogP contribution in [-0.2, 0) is 9.53 Å². The fraction of sp³-hybridized carbons (Fsp3) is 0.389. The highest BCUT2D eigenvalue weighted by atomic mass is 16.5. The summed E-state index contributed by atoms with van der Waals surface area (Å²) in [7, 11) is 1.62. The van der Waals surface area contributed by atoms with Crippen LogP contribution in [0.5, 0.6) is 0 Å². The Bertz CT molecular complexity index is 914. The first-order valence-corrected chi connectivity index (χ1v) is 8.25. The second-order valence-electron chi connectivity index (χ2n) is 6.34. The highest BCUT2D eigenvalue weighted by Crippen LogP contribution is 2.30. The van der Waals surface area contributed by atoms with Crippen LogP contribution in [0, 0.1) is 6.92 Å². The minimum absolute atomic E-state index is 0.0843. The number of hydrogen-bond donors (Lipinski definition) is 0. The maximum atomic E-state index is 12.1. The minimum atomic E-state index is -0.0859. The Balaban J connectivity index is 1.54. The van der Waals surface area contributed by atoms with Gasteiger partial charge in [-0.2, -0.15) is 4.98 Å². The average Bonchev–Trinajstić information content (AvgIpc) is 3.29. The number of carbonyl (C=O) groups is 1. The number of hydrogen-bond acceptors (Lipinski definition) is 6. The fourth-order valence-corrected chi connectivity index (χ4v) is 3.13. The van der Waals surface area contributed by atoms with E-state index in [4.69, 9.17) is 13.7 Å². The number of nitrogens with zero attached hydrogens (tertiary/aromatic N) is 3. The molecule has 1 atom stereocenters. The Morgan fingerprint density at radius 2 is 2.24 bits per heavy atom. The smallest absolute Gasteiger partial charge is 0.238 e. The third-order valence-electron chi connectivity index (χ3n) is 4.46. The monoisotopic (exact) mass is 341 g/mol. The summed E-state index contributed by atoms with van der Waals surface area (Å²) in [6.07, 6.45) is 0.380. The Labute approximate surface area is 144 Å². The molecule has 0 aliphatic carbocycles. The third kappa shape index (κ3) is 3.02. The average molecular weight is 341 g/mol. The van der Waals surface area contributed by atoms with Gasteiger partial charge in [0.1, 0.15) is 5.58 Å². The molecule has 7 nitrogen and oxygen atoms in total. The van der Waals surface area contributed by atoms with Crippen molar-refractivity contribution in [2.75, 3.05) is 26.8 Å². The van der Waals surface area contributed by atoms with Gasteiger partial charge < -0.3 is 18.6 Å². The lowest BCUT2D eigenvalue weighted by Crippen LogP contribution is -2.28. The number of carbonyl (C=O) groups excluding carboxylic acids is 1. The van der Waals surface area contributed by atoms with Crippen molar-refractivity contribution in [3.8, 4) is 11.6 Å². The summed E-state index contributed by atoms with van der Waals surface area (Å²) in [4.78, 5) is 18.3. The van der Waals surface area contributed by atoms with Crippen LogP contribution < -0.4 is 0 Å². The summed E-state index contributed by atoms with van der Waals surface area (Å²) >= 11 is 0. The molecule has 1 saturated heterocycles. The molecule has 1 fully saturated rings. The first-order valence-electron chi connectivity index (χ1n) is 8.25. The topological polar surface area (TPSA) is 81.6 Å². The summed E-state index contributed by atoms with van der Waals surface area (Å²) in [6, 6.07) is 7.88. The van der Waals surface area contributed by atoms with Crippen LogP contribution in [0.1, 0.15) is 23.8 Å². The Morgan fingerprint density at radius 3 is 3.08 bits per heavy atom. The molecule has 3 aromatic rings. The Morgan fingerprint density at radius 1 is 1.36 bits per heavy atom. The molecule has 1 aliphatic heterocycles. The van der Waals surface area contributed by atoms with Gasteiger partial charge in [-0.15, -0.1) is 0 Å². The first kappa shape index (κ1) is 15.8. The maximum absolute atomic E-state index is 12.1. The van der Waals surface area contributed by atoms with Gasteiger partial charge in [-0.25, -0.2) is 0 Å². The van der Waals surface area contributed by atoms with E-state index in [9.17, 15) is 4.79 Å². The zero-order chi connectivity index (χ0) is 17.4. The van der Waals surface area contributed by atoms with E-state index in [-0.39, 0.29) is 11.8 Å². The van der Waals surface area contributed by atoms with E-state index >= 15 is 0 Å². The lowest BCUT2D eigenvalue weighted by molar-refractivity contribution is -0.128. The Hall–Kier alpha value is -2.67. The lowest BCUT2D eigenvalue weighted by atomic mass is 10.1. The predicted molar refractivity (Wildman–Crippen MR) is 90.1 cm³/mol. The summed E-state index contributed by atoms with van der Waals surface area (Å²) in [5.74, 6) is 1.45. The number of ether oxygens (including phenoxy) is 1. The molecule has 0 spiro atoms. The van der Waals surface area contributed by atoms with E-state index in [2.05, 4.69) is 10.1 Å². The second kappa shape index (κ2) is 6.33. The summed E-state index contributed by atoms with van der Waals surface area (Å²) in [6.45, 7) is 3.70. The number of likely N-dealkylation sites (tertiary alicyclic amines) is 1. The highest BCUT2D eigenvalue weighted by molar-refractivity contribution is 5.82. The largest absolute Gasteiger partial charge is 0.453 e. The molecule has 1 unspecified atom stereocenters. The van der Waals surface area contributed by atoms with Crippen molar-refractivity contribution in [3.63, 3.8) is 0 Å². The number of rotatable bonds is 5. The fourth-order valence-electron chi connectivity index (χ4n) is 3.13. The van der Waals surface area contributed by atoms with Gasteiger partial charge in [-0.05, 0) is 25.1 Å². The van der Waals surface area contributed by atoms with Gasteiger partial charge in [0.2, 0.25) is 17.6 Å². The van der Waals surface area contributed by atoms with Crippen LogP contribution in [0.25, 0.3) is 22.6 Å². The van der Waals surface area contributed by atoms with E-state index in [0.29, 0.717) is 43.6 Å². The molecule has 1 amide bonds. The number of methoxy groups -OCH3 is 1. The molecular formula is C18H19N3O4. The molecule has 0 radical (unpaired) electrons. The van der Waals surface area contributed by atoms with Gasteiger partial charge in [-0.3, -0.25) is 4.79 Å². The molecule has 3 heterocycles. The minimum Gasteiger partial charge on any atom is -0.453 e. The van der Waals surface area contributed by atoms with Crippen LogP contribution in [-0.4, -0.2) is 47.8 Å². The van der Waals surface area contributed by atoms with Crippen LogP contribution in [0.2, 0.25) is 0 Å². The molecule has 4 rings (SSSR count). The van der Waals surface area contributed by atoms with E-state index < -0.39 is 0 Å². The van der Waals surface area contributed by atoms with Crippen LogP contribution in [0.4, 0.5) is 0 Å². The zero-order valence-corrected chi connectivity index (χ0v) is 14.2. The summed E-state index contributed by atoms with van der Waals surface area (Å²) in [5, 5.41) is 5.03. The summed E-state index contributed by atoms with van der Waals surface area (Å²) in [5.41, 5.74) is 1.95. The SMILES string of the molecule is COCCN1CC(c2nc(-c3cc4cc(C)ccc4o3)no2)CC1=O.